The van der Waals surface area contributed by atoms with E-state index in [9.17, 15) is 13.2 Å². The second-order valence-electron chi connectivity index (χ2n) is 4.31. The van der Waals surface area contributed by atoms with Crippen LogP contribution in [-0.4, -0.2) is 7.11 Å². The molecule has 2 aromatic rings. The zero-order chi connectivity index (χ0) is 16.0. The van der Waals surface area contributed by atoms with Crippen molar-refractivity contribution in [2.45, 2.75) is 6.18 Å². The van der Waals surface area contributed by atoms with E-state index in [0.29, 0.717) is 0 Å². The highest BCUT2D eigenvalue weighted by Crippen LogP contribution is 2.29. The van der Waals surface area contributed by atoms with E-state index in [1.807, 2.05) is 0 Å². The minimum Gasteiger partial charge on any atom is -0.497 e. The summed E-state index contributed by atoms with van der Waals surface area (Å²) in [5, 5.41) is 0. The molecule has 2 aromatic carbocycles. The Morgan fingerprint density at radius 1 is 0.864 bits per heavy atom. The first-order chi connectivity index (χ1) is 10.5. The second kappa shape index (κ2) is 6.74. The van der Waals surface area contributed by atoms with Gasteiger partial charge in [0.1, 0.15) is 5.75 Å². The smallest absolute Gasteiger partial charge is 0.416 e. The van der Waals surface area contributed by atoms with Crippen LogP contribution in [0.25, 0.3) is 0 Å². The molecule has 0 aliphatic rings. The van der Waals surface area contributed by atoms with Gasteiger partial charge < -0.3 is 4.74 Å². The third kappa shape index (κ3) is 4.33. The third-order valence-electron chi connectivity index (χ3n) is 2.76. The lowest BCUT2D eigenvalue weighted by atomic mass is 10.1. The molecule has 4 heteroatoms. The van der Waals surface area contributed by atoms with E-state index in [1.54, 1.807) is 31.4 Å². The number of halogens is 3. The minimum absolute atomic E-state index is 0.277. The number of hydrogen-bond donors (Lipinski definition) is 0. The number of benzene rings is 2. The van der Waals surface area contributed by atoms with Crippen molar-refractivity contribution in [3.63, 3.8) is 0 Å². The highest BCUT2D eigenvalue weighted by molar-refractivity contribution is 5.46. The first-order valence-electron chi connectivity index (χ1n) is 6.32. The third-order valence-corrected chi connectivity index (χ3v) is 2.76. The molecule has 0 aliphatic carbocycles. The Hall–Kier alpha value is -2.85. The molecule has 0 atom stereocenters. The summed E-state index contributed by atoms with van der Waals surface area (Å²) in [5.41, 5.74) is 0.306. The molecule has 0 N–H and O–H groups in total. The van der Waals surface area contributed by atoms with Crippen LogP contribution < -0.4 is 4.74 Å². The zero-order valence-corrected chi connectivity index (χ0v) is 11.7. The lowest BCUT2D eigenvalue weighted by Gasteiger charge is -2.05. The van der Waals surface area contributed by atoms with E-state index < -0.39 is 11.7 Å². The summed E-state index contributed by atoms with van der Waals surface area (Å²) in [6.45, 7) is 0. The molecule has 0 unspecified atom stereocenters. The van der Waals surface area contributed by atoms with Gasteiger partial charge in [-0.1, -0.05) is 17.9 Å². The Balaban J connectivity index is 2.13. The van der Waals surface area contributed by atoms with Crippen LogP contribution in [-0.2, 0) is 6.18 Å². The maximum absolute atomic E-state index is 12.6. The highest BCUT2D eigenvalue weighted by Gasteiger charge is 2.30. The summed E-state index contributed by atoms with van der Waals surface area (Å²) in [7, 11) is 1.57. The Kier molecular flexibility index (Phi) is 4.76. The molecule has 0 radical (unpaired) electrons. The fourth-order valence-electron chi connectivity index (χ4n) is 1.65. The van der Waals surface area contributed by atoms with Gasteiger partial charge in [-0.25, -0.2) is 0 Å². The summed E-state index contributed by atoms with van der Waals surface area (Å²) in [6, 6.07) is 11.9. The summed E-state index contributed by atoms with van der Waals surface area (Å²) < 4.78 is 42.7. The lowest BCUT2D eigenvalue weighted by molar-refractivity contribution is -0.137. The molecule has 22 heavy (non-hydrogen) atoms. The molecule has 0 saturated carbocycles. The average Bonchev–Trinajstić information content (AvgIpc) is 2.52. The van der Waals surface area contributed by atoms with Gasteiger partial charge in [-0.2, -0.15) is 13.2 Å². The van der Waals surface area contributed by atoms with Crippen molar-refractivity contribution in [1.82, 2.24) is 0 Å². The van der Waals surface area contributed by atoms with Crippen molar-refractivity contribution in [1.29, 1.82) is 0 Å². The number of hydrogen-bond acceptors (Lipinski definition) is 1. The standard InChI is InChI=1S/C18H11F3O/c1-22-17-11-9-14(10-12-17)5-2-3-6-15-7-4-8-16(13-15)18(19,20)21/h4,7-13H,1H3. The normalized spacial score (nSPS) is 10.0. The van der Waals surface area contributed by atoms with Gasteiger partial charge in [0.15, 0.2) is 0 Å². The lowest BCUT2D eigenvalue weighted by Crippen LogP contribution is -2.04. The van der Waals surface area contributed by atoms with Crippen LogP contribution >= 0.6 is 0 Å². The molecule has 0 bridgehead atoms. The van der Waals surface area contributed by atoms with Crippen LogP contribution in [0.4, 0.5) is 13.2 Å². The Morgan fingerprint density at radius 2 is 1.50 bits per heavy atom. The molecule has 0 saturated heterocycles. The molecule has 2 rings (SSSR count). The van der Waals surface area contributed by atoms with E-state index in [1.165, 1.54) is 12.1 Å². The predicted octanol–water partition coefficient (Wildman–Crippen LogP) is 4.12. The van der Waals surface area contributed by atoms with Crippen LogP contribution in [0.1, 0.15) is 16.7 Å². The number of ether oxygens (including phenoxy) is 1. The highest BCUT2D eigenvalue weighted by atomic mass is 19.4. The molecule has 0 amide bonds. The first kappa shape index (κ1) is 15.5. The van der Waals surface area contributed by atoms with E-state index >= 15 is 0 Å². The molecule has 0 aromatic heterocycles. The van der Waals surface area contributed by atoms with Crippen LogP contribution in [0.15, 0.2) is 48.5 Å². The maximum Gasteiger partial charge on any atom is 0.416 e. The second-order valence-corrected chi connectivity index (χ2v) is 4.31. The van der Waals surface area contributed by atoms with Crippen LogP contribution in [0, 0.1) is 23.7 Å². The van der Waals surface area contributed by atoms with Gasteiger partial charge in [-0.15, -0.1) is 0 Å². The van der Waals surface area contributed by atoms with Crippen LogP contribution in [0.2, 0.25) is 0 Å². The molecular weight excluding hydrogens is 289 g/mol. The van der Waals surface area contributed by atoms with Crippen molar-refractivity contribution in [2.75, 3.05) is 7.11 Å². The summed E-state index contributed by atoms with van der Waals surface area (Å²) in [4.78, 5) is 0. The van der Waals surface area contributed by atoms with Crippen LogP contribution in [0.3, 0.4) is 0 Å². The molecule has 0 spiro atoms. The van der Waals surface area contributed by atoms with Gasteiger partial charge in [0.2, 0.25) is 0 Å². The monoisotopic (exact) mass is 300 g/mol. The minimum atomic E-state index is -4.37. The van der Waals surface area contributed by atoms with Crippen molar-refractivity contribution < 1.29 is 17.9 Å². The largest absolute Gasteiger partial charge is 0.497 e. The molecule has 0 aliphatic heterocycles. The number of alkyl halides is 3. The van der Waals surface area contributed by atoms with Crippen molar-refractivity contribution >= 4 is 0 Å². The van der Waals surface area contributed by atoms with Gasteiger partial charge >= 0.3 is 6.18 Å². The molecule has 110 valence electrons. The maximum atomic E-state index is 12.6. The van der Waals surface area contributed by atoms with Crippen molar-refractivity contribution in [3.05, 3.63) is 65.2 Å². The predicted molar refractivity (Wildman–Crippen MR) is 78.2 cm³/mol. The van der Waals surface area contributed by atoms with E-state index in [-0.39, 0.29) is 5.56 Å². The first-order valence-corrected chi connectivity index (χ1v) is 6.32. The van der Waals surface area contributed by atoms with Gasteiger partial charge in [0, 0.05) is 11.1 Å². The number of rotatable bonds is 1. The number of methoxy groups -OCH3 is 1. The summed E-state index contributed by atoms with van der Waals surface area (Å²) in [6.07, 6.45) is -4.37. The quantitative estimate of drug-likeness (QED) is 0.720. The van der Waals surface area contributed by atoms with Gasteiger partial charge in [0.25, 0.3) is 0 Å². The molecule has 1 nitrogen and oxygen atoms in total. The summed E-state index contributed by atoms with van der Waals surface area (Å²) in [5.74, 6) is 11.3. The van der Waals surface area contributed by atoms with Gasteiger partial charge in [0.05, 0.1) is 12.7 Å². The molecular formula is C18H11F3O. The van der Waals surface area contributed by atoms with Gasteiger partial charge in [-0.3, -0.25) is 0 Å². The zero-order valence-electron chi connectivity index (χ0n) is 11.7. The topological polar surface area (TPSA) is 9.23 Å². The van der Waals surface area contributed by atoms with E-state index in [0.717, 1.165) is 23.4 Å². The Morgan fingerprint density at radius 3 is 2.09 bits per heavy atom. The van der Waals surface area contributed by atoms with E-state index in [4.69, 9.17) is 4.74 Å². The average molecular weight is 300 g/mol. The fraction of sp³-hybridized carbons (Fsp3) is 0.111. The Bertz CT molecular complexity index is 766. The molecule has 0 fully saturated rings. The summed E-state index contributed by atoms with van der Waals surface area (Å²) >= 11 is 0. The Labute approximate surface area is 126 Å². The fourth-order valence-corrected chi connectivity index (χ4v) is 1.65. The SMILES string of the molecule is COc1ccc(C#CC#Cc2cccc(C(F)(F)F)c2)cc1. The van der Waals surface area contributed by atoms with Crippen molar-refractivity contribution in [3.8, 4) is 29.4 Å². The van der Waals surface area contributed by atoms with E-state index in [2.05, 4.69) is 23.7 Å². The van der Waals surface area contributed by atoms with Gasteiger partial charge in [-0.05, 0) is 54.3 Å². The van der Waals surface area contributed by atoms with Crippen LogP contribution in [0.5, 0.6) is 5.75 Å². The van der Waals surface area contributed by atoms with Crippen molar-refractivity contribution in [2.24, 2.45) is 0 Å². The molecule has 0 heterocycles.